The SMILES string of the molecule is CCC(C)C(c1ccc(OCCO)c(C)c1)(c1ccc(OCCO)c(C)c1)C(C)C. The lowest BCUT2D eigenvalue weighted by Gasteiger charge is -2.44. The average molecular weight is 415 g/mol. The normalized spacial score (nSPS) is 12.8. The van der Waals surface area contributed by atoms with E-state index in [-0.39, 0.29) is 18.6 Å². The van der Waals surface area contributed by atoms with Crippen molar-refractivity contribution in [2.75, 3.05) is 26.4 Å². The number of hydrogen-bond donors (Lipinski definition) is 2. The molecule has 0 bridgehead atoms. The second-order valence-electron chi connectivity index (χ2n) is 8.44. The van der Waals surface area contributed by atoms with Gasteiger partial charge in [-0.05, 0) is 60.1 Å². The molecule has 0 spiro atoms. The van der Waals surface area contributed by atoms with Crippen LogP contribution in [0.5, 0.6) is 11.5 Å². The van der Waals surface area contributed by atoms with Gasteiger partial charge in [0.05, 0.1) is 13.2 Å². The van der Waals surface area contributed by atoms with Gasteiger partial charge in [0, 0.05) is 5.41 Å². The summed E-state index contributed by atoms with van der Waals surface area (Å²) in [6.45, 7) is 13.9. The maximum Gasteiger partial charge on any atom is 0.122 e. The number of benzene rings is 2. The number of hydrogen-bond acceptors (Lipinski definition) is 4. The molecule has 4 heteroatoms. The molecule has 0 aliphatic carbocycles. The zero-order valence-electron chi connectivity index (χ0n) is 19.4. The number of ether oxygens (including phenoxy) is 2. The molecule has 2 rings (SSSR count). The van der Waals surface area contributed by atoms with E-state index in [2.05, 4.69) is 65.8 Å². The van der Waals surface area contributed by atoms with E-state index >= 15 is 0 Å². The maximum atomic E-state index is 9.08. The lowest BCUT2D eigenvalue weighted by molar-refractivity contribution is 0.200. The summed E-state index contributed by atoms with van der Waals surface area (Å²) in [5.74, 6) is 2.43. The minimum absolute atomic E-state index is 0.00791. The van der Waals surface area contributed by atoms with Crippen LogP contribution >= 0.6 is 0 Å². The minimum atomic E-state index is -0.157. The van der Waals surface area contributed by atoms with Crippen LogP contribution in [0.3, 0.4) is 0 Å². The van der Waals surface area contributed by atoms with E-state index < -0.39 is 0 Å². The summed E-state index contributed by atoms with van der Waals surface area (Å²) in [6, 6.07) is 12.9. The van der Waals surface area contributed by atoms with Gasteiger partial charge in [0.1, 0.15) is 24.7 Å². The highest BCUT2D eigenvalue weighted by atomic mass is 16.5. The van der Waals surface area contributed by atoms with Crippen molar-refractivity contribution in [3.63, 3.8) is 0 Å². The van der Waals surface area contributed by atoms with Crippen LogP contribution in [0.15, 0.2) is 36.4 Å². The molecule has 0 amide bonds. The first-order valence-electron chi connectivity index (χ1n) is 11.0. The molecule has 0 fully saturated rings. The highest BCUT2D eigenvalue weighted by Crippen LogP contribution is 2.48. The zero-order valence-corrected chi connectivity index (χ0v) is 19.4. The predicted octanol–water partition coefficient (Wildman–Crippen LogP) is 5.03. The average Bonchev–Trinajstić information content (AvgIpc) is 2.72. The molecule has 2 N–H and O–H groups in total. The lowest BCUT2D eigenvalue weighted by atomic mass is 9.59. The Morgan fingerprint density at radius 1 is 0.800 bits per heavy atom. The molecule has 0 aromatic heterocycles. The van der Waals surface area contributed by atoms with Crippen LogP contribution in [-0.4, -0.2) is 36.6 Å². The zero-order chi connectivity index (χ0) is 22.3. The predicted molar refractivity (Wildman–Crippen MR) is 123 cm³/mol. The first-order valence-corrected chi connectivity index (χ1v) is 11.0. The monoisotopic (exact) mass is 414 g/mol. The molecule has 0 radical (unpaired) electrons. The smallest absolute Gasteiger partial charge is 0.122 e. The van der Waals surface area contributed by atoms with Crippen LogP contribution < -0.4 is 9.47 Å². The third-order valence-corrected chi connectivity index (χ3v) is 6.30. The summed E-state index contributed by atoms with van der Waals surface area (Å²) >= 11 is 0. The molecular formula is C26H38O4. The van der Waals surface area contributed by atoms with Crippen LogP contribution in [0.2, 0.25) is 0 Å². The highest BCUT2D eigenvalue weighted by molar-refractivity contribution is 5.49. The molecule has 2 aromatic rings. The maximum absolute atomic E-state index is 9.08. The Kier molecular flexibility index (Phi) is 8.75. The van der Waals surface area contributed by atoms with Gasteiger partial charge in [0.2, 0.25) is 0 Å². The first-order chi connectivity index (χ1) is 14.3. The topological polar surface area (TPSA) is 58.9 Å². The Balaban J connectivity index is 2.63. The van der Waals surface area contributed by atoms with Crippen molar-refractivity contribution in [2.45, 2.75) is 53.4 Å². The molecule has 0 saturated carbocycles. The molecule has 0 aliphatic heterocycles. The summed E-state index contributed by atoms with van der Waals surface area (Å²) in [6.07, 6.45) is 1.06. The van der Waals surface area contributed by atoms with Gasteiger partial charge >= 0.3 is 0 Å². The largest absolute Gasteiger partial charge is 0.491 e. The van der Waals surface area contributed by atoms with Crippen molar-refractivity contribution in [2.24, 2.45) is 11.8 Å². The molecule has 1 unspecified atom stereocenters. The van der Waals surface area contributed by atoms with Crippen LogP contribution in [0.4, 0.5) is 0 Å². The Morgan fingerprint density at radius 3 is 1.53 bits per heavy atom. The summed E-state index contributed by atoms with van der Waals surface area (Å²) in [7, 11) is 0. The second kappa shape index (κ2) is 10.8. The van der Waals surface area contributed by atoms with E-state index in [9.17, 15) is 0 Å². The van der Waals surface area contributed by atoms with Gasteiger partial charge in [-0.25, -0.2) is 0 Å². The Labute approximate surface area is 181 Å². The van der Waals surface area contributed by atoms with Crippen molar-refractivity contribution >= 4 is 0 Å². The molecule has 0 heterocycles. The van der Waals surface area contributed by atoms with Gasteiger partial charge in [0.25, 0.3) is 0 Å². The molecular weight excluding hydrogens is 376 g/mol. The van der Waals surface area contributed by atoms with E-state index in [1.165, 1.54) is 11.1 Å². The number of rotatable bonds is 11. The highest BCUT2D eigenvalue weighted by Gasteiger charge is 2.42. The fourth-order valence-corrected chi connectivity index (χ4v) is 4.74. The van der Waals surface area contributed by atoms with Crippen molar-refractivity contribution < 1.29 is 19.7 Å². The third kappa shape index (κ3) is 4.81. The van der Waals surface area contributed by atoms with Crippen LogP contribution in [0, 0.1) is 25.7 Å². The molecule has 2 aromatic carbocycles. The Bertz CT molecular complexity index is 755. The van der Waals surface area contributed by atoms with Crippen LogP contribution in [0.1, 0.15) is 56.4 Å². The van der Waals surface area contributed by atoms with E-state index in [0.717, 1.165) is 29.0 Å². The van der Waals surface area contributed by atoms with E-state index in [1.54, 1.807) is 0 Å². The quantitative estimate of drug-likeness (QED) is 0.541. The molecule has 166 valence electrons. The fraction of sp³-hybridized carbons (Fsp3) is 0.538. The Morgan fingerprint density at radius 2 is 1.23 bits per heavy atom. The Hall–Kier alpha value is -2.04. The fourth-order valence-electron chi connectivity index (χ4n) is 4.74. The van der Waals surface area contributed by atoms with Crippen LogP contribution in [0.25, 0.3) is 0 Å². The molecule has 0 saturated heterocycles. The van der Waals surface area contributed by atoms with Gasteiger partial charge in [-0.2, -0.15) is 0 Å². The minimum Gasteiger partial charge on any atom is -0.491 e. The number of aliphatic hydroxyl groups excluding tert-OH is 2. The second-order valence-corrected chi connectivity index (χ2v) is 8.44. The van der Waals surface area contributed by atoms with Gasteiger partial charge in [-0.3, -0.25) is 0 Å². The molecule has 0 aliphatic rings. The summed E-state index contributed by atoms with van der Waals surface area (Å²) in [4.78, 5) is 0. The number of aliphatic hydroxyl groups is 2. The summed E-state index contributed by atoms with van der Waals surface area (Å²) in [5.41, 5.74) is 4.56. The van der Waals surface area contributed by atoms with E-state index in [4.69, 9.17) is 19.7 Å². The molecule has 30 heavy (non-hydrogen) atoms. The standard InChI is InChI=1S/C26H38O4/c1-7-21(6)26(18(2)3,22-8-10-24(19(4)16-22)29-14-12-27)23-9-11-25(20(5)17-23)30-15-13-28/h8-11,16-18,21,27-28H,7,12-15H2,1-6H3. The van der Waals surface area contributed by atoms with E-state index in [1.807, 2.05) is 12.1 Å². The number of aryl methyl sites for hydroxylation is 2. The van der Waals surface area contributed by atoms with Crippen LogP contribution in [-0.2, 0) is 5.41 Å². The van der Waals surface area contributed by atoms with Gasteiger partial charge in [0.15, 0.2) is 0 Å². The van der Waals surface area contributed by atoms with Crippen molar-refractivity contribution in [1.82, 2.24) is 0 Å². The van der Waals surface area contributed by atoms with Gasteiger partial charge in [-0.1, -0.05) is 58.4 Å². The summed E-state index contributed by atoms with van der Waals surface area (Å²) in [5, 5.41) is 18.2. The van der Waals surface area contributed by atoms with Gasteiger partial charge in [-0.15, -0.1) is 0 Å². The van der Waals surface area contributed by atoms with Gasteiger partial charge < -0.3 is 19.7 Å². The molecule has 1 atom stereocenters. The van der Waals surface area contributed by atoms with E-state index in [0.29, 0.717) is 25.0 Å². The lowest BCUT2D eigenvalue weighted by Crippen LogP contribution is -2.40. The molecule has 4 nitrogen and oxygen atoms in total. The third-order valence-electron chi connectivity index (χ3n) is 6.30. The van der Waals surface area contributed by atoms with Crippen molar-refractivity contribution in [3.8, 4) is 11.5 Å². The van der Waals surface area contributed by atoms with Crippen molar-refractivity contribution in [3.05, 3.63) is 58.7 Å². The van der Waals surface area contributed by atoms with Crippen molar-refractivity contribution in [1.29, 1.82) is 0 Å². The summed E-state index contributed by atoms with van der Waals surface area (Å²) < 4.78 is 11.4. The first kappa shape index (κ1) is 24.2.